The van der Waals surface area contributed by atoms with E-state index >= 15 is 0 Å². The van der Waals surface area contributed by atoms with Crippen LogP contribution in [-0.2, 0) is 0 Å². The number of aromatic nitrogens is 5. The highest BCUT2D eigenvalue weighted by molar-refractivity contribution is 7.19. The van der Waals surface area contributed by atoms with Gasteiger partial charge in [-0.1, -0.05) is 103 Å². The van der Waals surface area contributed by atoms with Crippen molar-refractivity contribution in [1.82, 2.24) is 24.5 Å². The molecule has 0 spiro atoms. The lowest BCUT2D eigenvalue weighted by molar-refractivity contribution is 0.990. The van der Waals surface area contributed by atoms with E-state index in [2.05, 4.69) is 83.4 Å². The fourth-order valence-electron chi connectivity index (χ4n) is 6.36. The number of rotatable bonds is 5. The van der Waals surface area contributed by atoms with Crippen LogP contribution in [0.4, 0.5) is 0 Å². The highest BCUT2D eigenvalue weighted by Gasteiger charge is 2.19. The van der Waals surface area contributed by atoms with Gasteiger partial charge in [0.15, 0.2) is 17.5 Å². The molecule has 0 fully saturated rings. The quantitative estimate of drug-likeness (QED) is 0.195. The van der Waals surface area contributed by atoms with Crippen molar-refractivity contribution in [2.45, 2.75) is 12.8 Å². The number of allylic oxidation sites excluding steroid dienone is 4. The van der Waals surface area contributed by atoms with E-state index in [4.69, 9.17) is 19.9 Å². The molecule has 46 heavy (non-hydrogen) atoms. The Kier molecular flexibility index (Phi) is 6.39. The smallest absolute Gasteiger partial charge is 0.164 e. The molecule has 9 rings (SSSR count). The molecular formula is C40H27N5S. The molecule has 0 radical (unpaired) electrons. The fraction of sp³-hybridized carbons (Fsp3) is 0.0500. The lowest BCUT2D eigenvalue weighted by atomic mass is 10.0. The molecule has 0 bridgehead atoms. The summed E-state index contributed by atoms with van der Waals surface area (Å²) in [5, 5.41) is 3.65. The highest BCUT2D eigenvalue weighted by atomic mass is 32.1. The molecule has 1 aliphatic carbocycles. The van der Waals surface area contributed by atoms with Crippen molar-refractivity contribution in [2.24, 2.45) is 0 Å². The van der Waals surface area contributed by atoms with Crippen LogP contribution < -0.4 is 0 Å². The van der Waals surface area contributed by atoms with E-state index in [9.17, 15) is 0 Å². The van der Waals surface area contributed by atoms with Gasteiger partial charge in [0.05, 0.1) is 21.3 Å². The molecule has 0 saturated heterocycles. The summed E-state index contributed by atoms with van der Waals surface area (Å²) in [5.41, 5.74) is 8.88. The number of nitrogens with zero attached hydrogens (tertiary/aromatic N) is 5. The third-order valence-electron chi connectivity index (χ3n) is 8.61. The van der Waals surface area contributed by atoms with Crippen LogP contribution in [-0.4, -0.2) is 24.5 Å². The minimum atomic E-state index is 0.639. The molecule has 218 valence electrons. The van der Waals surface area contributed by atoms with Gasteiger partial charge in [-0.3, -0.25) is 0 Å². The Bertz CT molecular complexity index is 2360. The van der Waals surface area contributed by atoms with Crippen molar-refractivity contribution in [3.8, 4) is 34.2 Å². The molecule has 5 nitrogen and oxygen atoms in total. The second-order valence-electron chi connectivity index (χ2n) is 11.5. The summed E-state index contributed by atoms with van der Waals surface area (Å²) < 4.78 is 3.57. The third-order valence-corrected chi connectivity index (χ3v) is 9.73. The van der Waals surface area contributed by atoms with E-state index < -0.39 is 0 Å². The Labute approximate surface area is 269 Å². The maximum atomic E-state index is 5.11. The van der Waals surface area contributed by atoms with E-state index in [0.717, 1.165) is 44.8 Å². The lowest BCUT2D eigenvalue weighted by Gasteiger charge is -2.16. The van der Waals surface area contributed by atoms with Gasteiger partial charge < -0.3 is 4.57 Å². The summed E-state index contributed by atoms with van der Waals surface area (Å²) in [6.07, 6.45) is 6.42. The normalized spacial score (nSPS) is 13.3. The van der Waals surface area contributed by atoms with E-state index in [1.807, 2.05) is 60.7 Å². The van der Waals surface area contributed by atoms with Crippen molar-refractivity contribution in [3.05, 3.63) is 145 Å². The van der Waals surface area contributed by atoms with Crippen LogP contribution in [0.3, 0.4) is 0 Å². The first kappa shape index (κ1) is 26.7. The zero-order chi connectivity index (χ0) is 30.5. The Balaban J connectivity index is 1.09. The monoisotopic (exact) mass is 609 g/mol. The van der Waals surface area contributed by atoms with Gasteiger partial charge in [0.25, 0.3) is 0 Å². The zero-order valence-electron chi connectivity index (χ0n) is 24.8. The molecular weight excluding hydrogens is 583 g/mol. The minimum Gasteiger partial charge on any atom is -0.313 e. The molecule has 0 unspecified atom stereocenters. The number of hydrogen-bond donors (Lipinski definition) is 0. The maximum Gasteiger partial charge on any atom is 0.164 e. The molecule has 1 aliphatic rings. The molecule has 0 aliphatic heterocycles. The van der Waals surface area contributed by atoms with Gasteiger partial charge in [0.2, 0.25) is 0 Å². The van der Waals surface area contributed by atoms with E-state index in [1.54, 1.807) is 11.3 Å². The maximum absolute atomic E-state index is 5.11. The zero-order valence-corrected chi connectivity index (χ0v) is 25.7. The van der Waals surface area contributed by atoms with Crippen LogP contribution in [0.2, 0.25) is 0 Å². The summed E-state index contributed by atoms with van der Waals surface area (Å²) in [6.45, 7) is 0. The molecule has 0 atom stereocenters. The fourth-order valence-corrected chi connectivity index (χ4v) is 7.36. The second-order valence-corrected chi connectivity index (χ2v) is 12.5. The van der Waals surface area contributed by atoms with Crippen LogP contribution >= 0.6 is 11.3 Å². The molecule has 3 heterocycles. The summed E-state index contributed by atoms with van der Waals surface area (Å²) in [7, 11) is 0. The van der Waals surface area contributed by atoms with Crippen molar-refractivity contribution in [1.29, 1.82) is 0 Å². The van der Waals surface area contributed by atoms with E-state index in [-0.39, 0.29) is 0 Å². The number of para-hydroxylation sites is 2. The van der Waals surface area contributed by atoms with Crippen LogP contribution in [0.5, 0.6) is 0 Å². The first-order valence-corrected chi connectivity index (χ1v) is 16.3. The average Bonchev–Trinajstić information content (AvgIpc) is 3.71. The second kappa shape index (κ2) is 11.0. The van der Waals surface area contributed by atoms with Gasteiger partial charge in [-0.25, -0.2) is 19.9 Å². The van der Waals surface area contributed by atoms with Crippen molar-refractivity contribution < 1.29 is 0 Å². The standard InChI is InChI=1S/C40H27N5S/c1-3-11-26(12-4-1)37-42-38(27-13-5-2-6-14-27)44-39(43-37)29-21-24-36-33(25-29)41-40(46-36)28-19-22-30(23-20-28)45-34-17-9-7-15-31(34)32-16-8-10-18-35(32)45/h1-19,21-22,24-25H,20,23H2. The van der Waals surface area contributed by atoms with Crippen LogP contribution in [0, 0.1) is 0 Å². The summed E-state index contributed by atoms with van der Waals surface area (Å²) in [4.78, 5) is 19.8. The number of thiazole rings is 1. The van der Waals surface area contributed by atoms with E-state index in [0.29, 0.717) is 17.5 Å². The van der Waals surface area contributed by atoms with Gasteiger partial charge in [-0.2, -0.15) is 0 Å². The first-order valence-electron chi connectivity index (χ1n) is 15.4. The lowest BCUT2D eigenvalue weighted by Crippen LogP contribution is -2.01. The highest BCUT2D eigenvalue weighted by Crippen LogP contribution is 2.38. The van der Waals surface area contributed by atoms with Crippen LogP contribution in [0.1, 0.15) is 17.8 Å². The van der Waals surface area contributed by atoms with Crippen molar-refractivity contribution in [2.75, 3.05) is 0 Å². The van der Waals surface area contributed by atoms with Crippen molar-refractivity contribution >= 4 is 54.6 Å². The number of benzene rings is 5. The number of hydrogen-bond acceptors (Lipinski definition) is 5. The largest absolute Gasteiger partial charge is 0.313 e. The molecule has 6 heteroatoms. The van der Waals surface area contributed by atoms with E-state index in [1.165, 1.54) is 33.1 Å². The van der Waals surface area contributed by atoms with Crippen LogP contribution in [0.25, 0.3) is 77.5 Å². The third kappa shape index (κ3) is 4.62. The van der Waals surface area contributed by atoms with Gasteiger partial charge in [-0.05, 0) is 54.8 Å². The molecule has 3 aromatic heterocycles. The molecule has 0 amide bonds. The molecule has 0 saturated carbocycles. The molecule has 8 aromatic rings. The average molecular weight is 610 g/mol. The first-order chi connectivity index (χ1) is 22.8. The predicted octanol–water partition coefficient (Wildman–Crippen LogP) is 10.3. The van der Waals surface area contributed by atoms with Gasteiger partial charge >= 0.3 is 0 Å². The van der Waals surface area contributed by atoms with Gasteiger partial charge in [0.1, 0.15) is 5.01 Å². The number of fused-ring (bicyclic) bond motifs is 4. The molecule has 0 N–H and O–H groups in total. The Morgan fingerprint density at radius 2 is 1.07 bits per heavy atom. The Hall–Kier alpha value is -5.72. The van der Waals surface area contributed by atoms with Crippen molar-refractivity contribution in [3.63, 3.8) is 0 Å². The van der Waals surface area contributed by atoms with Gasteiger partial charge in [-0.15, -0.1) is 11.3 Å². The Morgan fingerprint density at radius 3 is 1.65 bits per heavy atom. The predicted molar refractivity (Wildman–Crippen MR) is 190 cm³/mol. The van der Waals surface area contributed by atoms with Crippen LogP contribution in [0.15, 0.2) is 140 Å². The summed E-state index contributed by atoms with van der Waals surface area (Å²) in [5.74, 6) is 1.95. The topological polar surface area (TPSA) is 56.5 Å². The summed E-state index contributed by atoms with van der Waals surface area (Å²) >= 11 is 1.74. The van der Waals surface area contributed by atoms with Gasteiger partial charge in [0, 0.05) is 33.2 Å². The minimum absolute atomic E-state index is 0.639. The SMILES string of the molecule is C1=C(c2nc3cc(-c4nc(-c5ccccc5)nc(-c5ccccc5)n4)ccc3s2)CCC(n2c3ccccc3c3ccccc32)=C1. The Morgan fingerprint density at radius 1 is 0.500 bits per heavy atom. The molecule has 5 aromatic carbocycles. The summed E-state index contributed by atoms with van der Waals surface area (Å²) in [6, 6.07) is 43.9.